The summed E-state index contributed by atoms with van der Waals surface area (Å²) in [7, 11) is 0. The van der Waals surface area contributed by atoms with Crippen LogP contribution in [0, 0.1) is 5.82 Å². The minimum absolute atomic E-state index is 0.406. The van der Waals surface area contributed by atoms with Gasteiger partial charge in [0.1, 0.15) is 5.82 Å². The molecule has 1 N–H and O–H groups in total. The fourth-order valence-corrected chi connectivity index (χ4v) is 1.70. The van der Waals surface area contributed by atoms with Crippen LogP contribution in [0.5, 0.6) is 0 Å². The van der Waals surface area contributed by atoms with Crippen molar-refractivity contribution in [2.75, 3.05) is 0 Å². The number of H-pyrrole nitrogens is 1. The highest BCUT2D eigenvalue weighted by Crippen LogP contribution is 2.35. The van der Waals surface area contributed by atoms with Crippen LogP contribution in [0.15, 0.2) is 29.1 Å². The van der Waals surface area contributed by atoms with Crippen LogP contribution in [-0.2, 0) is 12.4 Å². The highest BCUT2D eigenvalue weighted by Gasteiger charge is 2.42. The van der Waals surface area contributed by atoms with Crippen molar-refractivity contribution in [2.45, 2.75) is 12.4 Å². The van der Waals surface area contributed by atoms with Crippen LogP contribution in [0.3, 0.4) is 0 Å². The molecule has 0 bridgehead atoms. The maximum Gasteiger partial charge on any atom is 0.449 e. The lowest BCUT2D eigenvalue weighted by Crippen LogP contribution is -2.26. The topological polar surface area (TPSA) is 45.8 Å². The van der Waals surface area contributed by atoms with Gasteiger partial charge in [-0.05, 0) is 17.7 Å². The fraction of sp³-hybridized carbons (Fsp3) is 0.167. The maximum absolute atomic E-state index is 12.9. The second-order valence-electron chi connectivity index (χ2n) is 4.14. The molecule has 0 aliphatic carbocycles. The van der Waals surface area contributed by atoms with E-state index in [1.165, 1.54) is 4.98 Å². The van der Waals surface area contributed by atoms with Gasteiger partial charge >= 0.3 is 12.4 Å². The van der Waals surface area contributed by atoms with Crippen molar-refractivity contribution >= 4 is 0 Å². The molecule has 0 saturated carbocycles. The van der Waals surface area contributed by atoms with Crippen molar-refractivity contribution in [3.8, 4) is 11.1 Å². The molecule has 0 radical (unpaired) electrons. The van der Waals surface area contributed by atoms with E-state index < -0.39 is 46.4 Å². The van der Waals surface area contributed by atoms with Gasteiger partial charge in [-0.2, -0.15) is 26.3 Å². The van der Waals surface area contributed by atoms with Crippen LogP contribution in [-0.4, -0.2) is 9.97 Å². The van der Waals surface area contributed by atoms with Gasteiger partial charge in [0.2, 0.25) is 5.82 Å². The van der Waals surface area contributed by atoms with Gasteiger partial charge in [0.15, 0.2) is 5.69 Å². The Labute approximate surface area is 117 Å². The predicted molar refractivity (Wildman–Crippen MR) is 60.3 cm³/mol. The van der Waals surface area contributed by atoms with Gasteiger partial charge in [0, 0.05) is 0 Å². The summed E-state index contributed by atoms with van der Waals surface area (Å²) in [5.41, 5.74) is -5.13. The molecule has 0 spiro atoms. The van der Waals surface area contributed by atoms with E-state index >= 15 is 0 Å². The van der Waals surface area contributed by atoms with Gasteiger partial charge in [-0.15, -0.1) is 0 Å². The number of aromatic amines is 1. The molecule has 0 aliphatic rings. The number of benzene rings is 1. The summed E-state index contributed by atoms with van der Waals surface area (Å²) in [5.74, 6) is -2.84. The third-order valence-electron chi connectivity index (χ3n) is 2.59. The van der Waals surface area contributed by atoms with E-state index in [0.717, 1.165) is 24.3 Å². The summed E-state index contributed by atoms with van der Waals surface area (Å²) >= 11 is 0. The van der Waals surface area contributed by atoms with Crippen LogP contribution in [0.25, 0.3) is 11.1 Å². The van der Waals surface area contributed by atoms with E-state index in [1.807, 2.05) is 0 Å². The van der Waals surface area contributed by atoms with Gasteiger partial charge in [0.25, 0.3) is 5.56 Å². The summed E-state index contributed by atoms with van der Waals surface area (Å²) in [4.78, 5) is 15.4. The molecule has 10 heteroatoms. The van der Waals surface area contributed by atoms with Crippen molar-refractivity contribution < 1.29 is 30.7 Å². The first-order chi connectivity index (χ1) is 10.00. The lowest BCUT2D eigenvalue weighted by molar-refractivity contribution is -0.152. The molecule has 3 nitrogen and oxygen atoms in total. The number of nitrogens with one attached hydrogen (secondary N) is 1. The molecule has 0 fully saturated rings. The third kappa shape index (κ3) is 3.10. The number of halogens is 7. The molecule has 2 rings (SSSR count). The fourth-order valence-electron chi connectivity index (χ4n) is 1.70. The summed E-state index contributed by atoms with van der Waals surface area (Å²) in [6.07, 6.45) is -10.5. The molecule has 1 heterocycles. The molecule has 0 saturated heterocycles. The highest BCUT2D eigenvalue weighted by atomic mass is 19.4. The van der Waals surface area contributed by atoms with E-state index in [-0.39, 0.29) is 0 Å². The molecule has 2 aromatic rings. The van der Waals surface area contributed by atoms with Gasteiger partial charge in [-0.25, -0.2) is 9.37 Å². The number of hydrogen-bond acceptors (Lipinski definition) is 2. The number of hydrogen-bond donors (Lipinski definition) is 1. The molecular weight excluding hydrogens is 321 g/mol. The Balaban J connectivity index is 2.78. The van der Waals surface area contributed by atoms with Crippen molar-refractivity contribution in [3.63, 3.8) is 0 Å². The Kier molecular flexibility index (Phi) is 3.71. The Morgan fingerprint density at radius 2 is 1.45 bits per heavy atom. The zero-order valence-electron chi connectivity index (χ0n) is 10.3. The molecule has 0 aliphatic heterocycles. The van der Waals surface area contributed by atoms with Gasteiger partial charge in [0.05, 0.1) is 5.56 Å². The lowest BCUT2D eigenvalue weighted by Gasteiger charge is -2.14. The van der Waals surface area contributed by atoms with Gasteiger partial charge < -0.3 is 4.98 Å². The van der Waals surface area contributed by atoms with Gasteiger partial charge in [-0.1, -0.05) is 12.1 Å². The Bertz CT molecular complexity index is 744. The zero-order valence-corrected chi connectivity index (χ0v) is 10.3. The standard InChI is InChI=1S/C12H5F7N2O/c13-6-3-1-5(2-4-6)7-8(11(14,15)16)20-10(12(17,18)19)21-9(7)22/h1-4H,(H,20,21,22). The van der Waals surface area contributed by atoms with Crippen LogP contribution < -0.4 is 5.56 Å². The van der Waals surface area contributed by atoms with Crippen LogP contribution >= 0.6 is 0 Å². The zero-order chi connectivity index (χ0) is 16.7. The monoisotopic (exact) mass is 326 g/mol. The maximum atomic E-state index is 12.9. The quantitative estimate of drug-likeness (QED) is 0.814. The van der Waals surface area contributed by atoms with E-state index in [9.17, 15) is 35.5 Å². The Morgan fingerprint density at radius 1 is 0.909 bits per heavy atom. The molecule has 22 heavy (non-hydrogen) atoms. The summed E-state index contributed by atoms with van der Waals surface area (Å²) in [6, 6.07) is 3.22. The van der Waals surface area contributed by atoms with Crippen molar-refractivity contribution in [2.24, 2.45) is 0 Å². The number of alkyl halides is 6. The lowest BCUT2D eigenvalue weighted by atomic mass is 10.0. The average Bonchev–Trinajstić information content (AvgIpc) is 2.37. The highest BCUT2D eigenvalue weighted by molar-refractivity contribution is 5.65. The Morgan fingerprint density at radius 3 is 1.91 bits per heavy atom. The van der Waals surface area contributed by atoms with Crippen molar-refractivity contribution in [1.29, 1.82) is 0 Å². The molecular formula is C12H5F7N2O. The smallest absolute Gasteiger partial charge is 0.302 e. The van der Waals surface area contributed by atoms with Crippen LogP contribution in [0.2, 0.25) is 0 Å². The van der Waals surface area contributed by atoms with Crippen molar-refractivity contribution in [1.82, 2.24) is 9.97 Å². The predicted octanol–water partition coefficient (Wildman–Crippen LogP) is 3.61. The first kappa shape index (κ1) is 16.0. The molecule has 1 aromatic heterocycles. The third-order valence-corrected chi connectivity index (χ3v) is 2.59. The summed E-state index contributed by atoms with van der Waals surface area (Å²) < 4.78 is 88.9. The molecule has 0 amide bonds. The van der Waals surface area contributed by atoms with E-state index in [0.29, 0.717) is 0 Å². The average molecular weight is 326 g/mol. The summed E-state index contributed by atoms with van der Waals surface area (Å²) in [5, 5.41) is 0. The molecule has 118 valence electrons. The number of rotatable bonds is 1. The minimum Gasteiger partial charge on any atom is -0.302 e. The SMILES string of the molecule is O=c1[nH]c(C(F)(F)F)nc(C(F)(F)F)c1-c1ccc(F)cc1. The van der Waals surface area contributed by atoms with Crippen LogP contribution in [0.1, 0.15) is 11.5 Å². The van der Waals surface area contributed by atoms with E-state index in [1.54, 1.807) is 0 Å². The second kappa shape index (κ2) is 5.11. The van der Waals surface area contributed by atoms with Crippen molar-refractivity contribution in [3.05, 3.63) is 52.0 Å². The molecule has 0 atom stereocenters. The first-order valence-corrected chi connectivity index (χ1v) is 5.55. The van der Waals surface area contributed by atoms with E-state index in [4.69, 9.17) is 0 Å². The number of aromatic nitrogens is 2. The summed E-state index contributed by atoms with van der Waals surface area (Å²) in [6.45, 7) is 0. The Hall–Kier alpha value is -2.39. The van der Waals surface area contributed by atoms with E-state index in [2.05, 4.69) is 4.98 Å². The second-order valence-corrected chi connectivity index (χ2v) is 4.14. The minimum atomic E-state index is -5.29. The molecule has 1 aromatic carbocycles. The number of nitrogens with zero attached hydrogens (tertiary/aromatic N) is 1. The first-order valence-electron chi connectivity index (χ1n) is 5.55. The largest absolute Gasteiger partial charge is 0.449 e. The van der Waals surface area contributed by atoms with Crippen LogP contribution in [0.4, 0.5) is 30.7 Å². The van der Waals surface area contributed by atoms with Gasteiger partial charge in [-0.3, -0.25) is 4.79 Å². The normalized spacial score (nSPS) is 12.5. The molecule has 0 unspecified atom stereocenters.